The molecule has 0 spiro atoms. The molecule has 0 atom stereocenters. The first-order valence-corrected chi connectivity index (χ1v) is 4.63. The van der Waals surface area contributed by atoms with E-state index in [1.165, 1.54) is 0 Å². The van der Waals surface area contributed by atoms with Crippen molar-refractivity contribution in [1.29, 1.82) is 0 Å². The van der Waals surface area contributed by atoms with Gasteiger partial charge in [-0.3, -0.25) is 4.79 Å². The first-order valence-electron chi connectivity index (χ1n) is 4.63. The van der Waals surface area contributed by atoms with Crippen LogP contribution in [0, 0.1) is 0 Å². The van der Waals surface area contributed by atoms with Gasteiger partial charge in [0.1, 0.15) is 6.61 Å². The standard InChI is InChI=1S/C10H14O5/c1-3-8(11)7-15-10(13)6-5-9(12)14-4-2/h5-6H,3-4,7H2,1-2H3/b6-5+. The molecular formula is C10H14O5. The highest BCUT2D eigenvalue weighted by molar-refractivity contribution is 5.92. The predicted octanol–water partition coefficient (Wildman–Crippen LogP) is 0.628. The number of rotatable bonds is 6. The molecule has 0 amide bonds. The molecule has 0 fully saturated rings. The Morgan fingerprint density at radius 1 is 1.00 bits per heavy atom. The van der Waals surface area contributed by atoms with Gasteiger partial charge in [-0.05, 0) is 6.92 Å². The van der Waals surface area contributed by atoms with Gasteiger partial charge in [-0.15, -0.1) is 0 Å². The number of hydrogen-bond acceptors (Lipinski definition) is 5. The third-order valence-corrected chi connectivity index (χ3v) is 1.41. The summed E-state index contributed by atoms with van der Waals surface area (Å²) in [7, 11) is 0. The molecule has 15 heavy (non-hydrogen) atoms. The van der Waals surface area contributed by atoms with Crippen molar-refractivity contribution < 1.29 is 23.9 Å². The molecule has 0 saturated carbocycles. The molecular weight excluding hydrogens is 200 g/mol. The average Bonchev–Trinajstić information content (AvgIpc) is 2.23. The Kier molecular flexibility index (Phi) is 6.88. The van der Waals surface area contributed by atoms with E-state index in [1.807, 2.05) is 0 Å². The number of ketones is 1. The van der Waals surface area contributed by atoms with Crippen LogP contribution in [-0.4, -0.2) is 30.9 Å². The lowest BCUT2D eigenvalue weighted by Crippen LogP contribution is -2.11. The van der Waals surface area contributed by atoms with Crippen LogP contribution in [-0.2, 0) is 23.9 Å². The zero-order valence-corrected chi connectivity index (χ0v) is 8.82. The Balaban J connectivity index is 3.83. The molecule has 5 nitrogen and oxygen atoms in total. The van der Waals surface area contributed by atoms with Crippen LogP contribution in [0.15, 0.2) is 12.2 Å². The zero-order valence-electron chi connectivity index (χ0n) is 8.82. The lowest BCUT2D eigenvalue weighted by Gasteiger charge is -1.98. The van der Waals surface area contributed by atoms with Gasteiger partial charge in [0.2, 0.25) is 0 Å². The van der Waals surface area contributed by atoms with Gasteiger partial charge in [0.05, 0.1) is 6.61 Å². The largest absolute Gasteiger partial charge is 0.463 e. The van der Waals surface area contributed by atoms with Crippen molar-refractivity contribution in [3.05, 3.63) is 12.2 Å². The Hall–Kier alpha value is -1.65. The van der Waals surface area contributed by atoms with E-state index in [0.717, 1.165) is 12.2 Å². The van der Waals surface area contributed by atoms with E-state index in [0.29, 0.717) is 6.42 Å². The summed E-state index contributed by atoms with van der Waals surface area (Å²) in [5.74, 6) is -1.52. The third kappa shape index (κ3) is 7.42. The van der Waals surface area contributed by atoms with Crippen LogP contribution in [0.3, 0.4) is 0 Å². The summed E-state index contributed by atoms with van der Waals surface area (Å²) in [5, 5.41) is 0. The van der Waals surface area contributed by atoms with Gasteiger partial charge in [-0.25, -0.2) is 9.59 Å². The van der Waals surface area contributed by atoms with Gasteiger partial charge < -0.3 is 9.47 Å². The average molecular weight is 214 g/mol. The molecule has 0 rings (SSSR count). The summed E-state index contributed by atoms with van der Waals surface area (Å²) in [4.78, 5) is 32.4. The molecule has 0 aromatic carbocycles. The second kappa shape index (κ2) is 7.73. The number of esters is 2. The molecule has 0 heterocycles. The van der Waals surface area contributed by atoms with Crippen LogP contribution in [0.25, 0.3) is 0 Å². The first-order chi connectivity index (χ1) is 7.10. The maximum absolute atomic E-state index is 10.9. The van der Waals surface area contributed by atoms with Crippen molar-refractivity contribution in [3.63, 3.8) is 0 Å². The molecule has 0 aromatic rings. The smallest absolute Gasteiger partial charge is 0.331 e. The highest BCUT2D eigenvalue weighted by atomic mass is 16.5. The summed E-state index contributed by atoms with van der Waals surface area (Å²) >= 11 is 0. The lowest BCUT2D eigenvalue weighted by atomic mass is 10.3. The van der Waals surface area contributed by atoms with Gasteiger partial charge in [0.15, 0.2) is 5.78 Å². The van der Waals surface area contributed by atoms with E-state index >= 15 is 0 Å². The second-order valence-electron chi connectivity index (χ2n) is 2.59. The van der Waals surface area contributed by atoms with Crippen molar-refractivity contribution in [2.75, 3.05) is 13.2 Å². The topological polar surface area (TPSA) is 69.7 Å². The summed E-state index contributed by atoms with van der Waals surface area (Å²) < 4.78 is 9.08. The molecule has 0 aliphatic rings. The van der Waals surface area contributed by atoms with Crippen molar-refractivity contribution in [2.24, 2.45) is 0 Å². The van der Waals surface area contributed by atoms with Gasteiger partial charge in [-0.1, -0.05) is 6.92 Å². The van der Waals surface area contributed by atoms with E-state index in [1.54, 1.807) is 13.8 Å². The maximum atomic E-state index is 10.9. The summed E-state index contributed by atoms with van der Waals surface area (Å²) in [5.41, 5.74) is 0. The minimum absolute atomic E-state index is 0.173. The fraction of sp³-hybridized carbons (Fsp3) is 0.500. The molecule has 0 saturated heterocycles. The van der Waals surface area contributed by atoms with Gasteiger partial charge in [0, 0.05) is 18.6 Å². The van der Waals surface area contributed by atoms with Crippen LogP contribution in [0.4, 0.5) is 0 Å². The minimum atomic E-state index is -0.732. The van der Waals surface area contributed by atoms with E-state index in [2.05, 4.69) is 9.47 Å². The second-order valence-corrected chi connectivity index (χ2v) is 2.59. The minimum Gasteiger partial charge on any atom is -0.463 e. The van der Waals surface area contributed by atoms with E-state index < -0.39 is 11.9 Å². The number of hydrogen-bond donors (Lipinski definition) is 0. The number of carbonyl (C=O) groups excluding carboxylic acids is 3. The molecule has 0 aliphatic carbocycles. The number of Topliss-reactive ketones (excluding diaryl/α,β-unsaturated/α-hetero) is 1. The van der Waals surface area contributed by atoms with Gasteiger partial charge in [-0.2, -0.15) is 0 Å². The predicted molar refractivity (Wildman–Crippen MR) is 52.0 cm³/mol. The maximum Gasteiger partial charge on any atom is 0.331 e. The lowest BCUT2D eigenvalue weighted by molar-refractivity contribution is -0.143. The quantitative estimate of drug-likeness (QED) is 0.479. The molecule has 0 radical (unpaired) electrons. The third-order valence-electron chi connectivity index (χ3n) is 1.41. The zero-order chi connectivity index (χ0) is 11.7. The van der Waals surface area contributed by atoms with E-state index in [4.69, 9.17) is 0 Å². The van der Waals surface area contributed by atoms with Crippen LogP contribution in [0.1, 0.15) is 20.3 Å². The number of ether oxygens (including phenoxy) is 2. The fourth-order valence-corrected chi connectivity index (χ4v) is 0.628. The first kappa shape index (κ1) is 13.4. The van der Waals surface area contributed by atoms with Crippen molar-refractivity contribution in [1.82, 2.24) is 0 Å². The Morgan fingerprint density at radius 2 is 1.53 bits per heavy atom. The normalized spacial score (nSPS) is 10.0. The molecule has 0 unspecified atom stereocenters. The summed E-state index contributed by atoms with van der Waals surface area (Å²) in [6.07, 6.45) is 2.21. The number of carbonyl (C=O) groups is 3. The molecule has 0 bridgehead atoms. The van der Waals surface area contributed by atoms with Crippen LogP contribution in [0.5, 0.6) is 0 Å². The van der Waals surface area contributed by atoms with Gasteiger partial charge in [0.25, 0.3) is 0 Å². The highest BCUT2D eigenvalue weighted by Crippen LogP contribution is 1.88. The molecule has 0 N–H and O–H groups in total. The fourth-order valence-electron chi connectivity index (χ4n) is 0.628. The Morgan fingerprint density at radius 3 is 2.00 bits per heavy atom. The SMILES string of the molecule is CCOC(=O)/C=C/C(=O)OCC(=O)CC. The van der Waals surface area contributed by atoms with Crippen LogP contribution in [0.2, 0.25) is 0 Å². The van der Waals surface area contributed by atoms with Crippen LogP contribution >= 0.6 is 0 Å². The summed E-state index contributed by atoms with van der Waals surface area (Å²) in [6, 6.07) is 0. The van der Waals surface area contributed by atoms with Crippen molar-refractivity contribution >= 4 is 17.7 Å². The van der Waals surface area contributed by atoms with Crippen molar-refractivity contribution in [2.45, 2.75) is 20.3 Å². The van der Waals surface area contributed by atoms with E-state index in [-0.39, 0.29) is 19.0 Å². The van der Waals surface area contributed by atoms with Gasteiger partial charge >= 0.3 is 11.9 Å². The van der Waals surface area contributed by atoms with E-state index in [9.17, 15) is 14.4 Å². The Labute approximate surface area is 88.0 Å². The Bertz CT molecular complexity index is 267. The molecule has 0 aromatic heterocycles. The molecule has 84 valence electrons. The summed E-state index contributed by atoms with van der Waals surface area (Å²) in [6.45, 7) is 3.31. The molecule has 0 aliphatic heterocycles. The monoisotopic (exact) mass is 214 g/mol. The van der Waals surface area contributed by atoms with Crippen LogP contribution < -0.4 is 0 Å². The van der Waals surface area contributed by atoms with Crippen molar-refractivity contribution in [3.8, 4) is 0 Å². The highest BCUT2D eigenvalue weighted by Gasteiger charge is 2.03. The molecule has 5 heteroatoms.